The highest BCUT2D eigenvalue weighted by molar-refractivity contribution is 7.13. The first-order valence-electron chi connectivity index (χ1n) is 10.6. The lowest BCUT2D eigenvalue weighted by Gasteiger charge is -2.11. The molecular weight excluding hydrogens is 468 g/mol. The standard InChI is InChI=1S/C23H22N8O3S/c1-3-26-23(33)31-20-7-13(14(9-27-20)16-10-25-11-17(28-16)19(32)8-24)22-30-18(12-35-22)15-5-4-6-21(29-15)34-2/h4-7,9-12H,3,8,24H2,1-2H3,(H2,26,27,31,33). The predicted octanol–water partition coefficient (Wildman–Crippen LogP) is 3.02. The fourth-order valence-corrected chi connectivity index (χ4v) is 3.99. The van der Waals surface area contributed by atoms with Gasteiger partial charge in [-0.05, 0) is 19.1 Å². The molecule has 11 nitrogen and oxygen atoms in total. The Balaban J connectivity index is 1.80. The number of nitrogens with one attached hydrogen (secondary N) is 2. The summed E-state index contributed by atoms with van der Waals surface area (Å²) in [6.07, 6.45) is 4.46. The van der Waals surface area contributed by atoms with Crippen LogP contribution in [0.15, 0.2) is 48.2 Å². The van der Waals surface area contributed by atoms with E-state index in [2.05, 4.69) is 30.6 Å². The SMILES string of the molecule is CCNC(=O)Nc1cc(-c2nc(-c3cccc(OC)n3)cs2)c(-c2cncc(C(=O)CN)n2)cn1. The Hall–Kier alpha value is -4.29. The molecule has 0 atom stereocenters. The summed E-state index contributed by atoms with van der Waals surface area (Å²) in [4.78, 5) is 46.2. The second-order valence-corrected chi connectivity index (χ2v) is 7.98. The minimum Gasteiger partial charge on any atom is -0.481 e. The molecule has 4 aromatic heterocycles. The molecule has 4 aromatic rings. The molecule has 0 fully saturated rings. The van der Waals surface area contributed by atoms with Gasteiger partial charge in [-0.15, -0.1) is 11.3 Å². The maximum absolute atomic E-state index is 12.1. The summed E-state index contributed by atoms with van der Waals surface area (Å²) in [5.41, 5.74) is 8.61. The molecule has 0 aliphatic rings. The summed E-state index contributed by atoms with van der Waals surface area (Å²) < 4.78 is 5.22. The van der Waals surface area contributed by atoms with Gasteiger partial charge in [-0.25, -0.2) is 24.7 Å². The number of nitrogens with zero attached hydrogens (tertiary/aromatic N) is 5. The number of hydrogen-bond acceptors (Lipinski definition) is 10. The van der Waals surface area contributed by atoms with E-state index in [0.717, 1.165) is 0 Å². The van der Waals surface area contributed by atoms with Crippen LogP contribution < -0.4 is 21.1 Å². The van der Waals surface area contributed by atoms with Crippen molar-refractivity contribution in [3.8, 4) is 39.1 Å². The average molecular weight is 491 g/mol. The molecule has 0 aromatic carbocycles. The number of pyridine rings is 2. The summed E-state index contributed by atoms with van der Waals surface area (Å²) in [7, 11) is 1.55. The molecule has 35 heavy (non-hydrogen) atoms. The smallest absolute Gasteiger partial charge is 0.320 e. The van der Waals surface area contributed by atoms with Crippen LogP contribution >= 0.6 is 11.3 Å². The van der Waals surface area contributed by atoms with Crippen molar-refractivity contribution in [1.82, 2.24) is 30.2 Å². The van der Waals surface area contributed by atoms with Gasteiger partial charge in [-0.3, -0.25) is 15.1 Å². The quantitative estimate of drug-likeness (QED) is 0.316. The van der Waals surface area contributed by atoms with Crippen LogP contribution in [0.4, 0.5) is 10.6 Å². The lowest BCUT2D eigenvalue weighted by atomic mass is 10.1. The number of urea groups is 1. The van der Waals surface area contributed by atoms with Gasteiger partial charge in [-0.2, -0.15) is 0 Å². The third kappa shape index (κ3) is 5.45. The summed E-state index contributed by atoms with van der Waals surface area (Å²) in [5.74, 6) is 0.476. The Bertz CT molecular complexity index is 1370. The minimum absolute atomic E-state index is 0.154. The van der Waals surface area contributed by atoms with Gasteiger partial charge in [0, 0.05) is 35.3 Å². The zero-order chi connectivity index (χ0) is 24.8. The second-order valence-electron chi connectivity index (χ2n) is 7.12. The van der Waals surface area contributed by atoms with E-state index in [1.807, 2.05) is 24.4 Å². The van der Waals surface area contributed by atoms with Crippen LogP contribution in [0.1, 0.15) is 17.4 Å². The number of nitrogens with two attached hydrogens (primary N) is 1. The first-order chi connectivity index (χ1) is 17.0. The third-order valence-electron chi connectivity index (χ3n) is 4.79. The monoisotopic (exact) mass is 490 g/mol. The highest BCUT2D eigenvalue weighted by atomic mass is 32.1. The molecule has 4 heterocycles. The zero-order valence-corrected chi connectivity index (χ0v) is 19.8. The summed E-state index contributed by atoms with van der Waals surface area (Å²) in [5, 5.41) is 7.88. The molecule has 0 saturated carbocycles. The van der Waals surface area contributed by atoms with E-state index in [-0.39, 0.29) is 24.1 Å². The molecule has 178 valence electrons. The number of Topliss-reactive ketones (excluding diaryl/α,β-unsaturated/α-hetero) is 1. The Morgan fingerprint density at radius 1 is 1.06 bits per heavy atom. The maximum atomic E-state index is 12.1. The number of aromatic nitrogens is 5. The molecule has 0 radical (unpaired) electrons. The third-order valence-corrected chi connectivity index (χ3v) is 5.67. The van der Waals surface area contributed by atoms with Crippen LogP contribution in [0.25, 0.3) is 33.2 Å². The number of thiazole rings is 1. The number of carbonyl (C=O) groups excluding carboxylic acids is 2. The van der Waals surface area contributed by atoms with Crippen molar-refractivity contribution < 1.29 is 14.3 Å². The summed E-state index contributed by atoms with van der Waals surface area (Å²) >= 11 is 1.39. The van der Waals surface area contributed by atoms with Crippen LogP contribution in [-0.2, 0) is 0 Å². The Labute approximate surface area is 204 Å². The summed E-state index contributed by atoms with van der Waals surface area (Å²) in [6, 6.07) is 6.75. The van der Waals surface area contributed by atoms with E-state index < -0.39 is 0 Å². The van der Waals surface area contributed by atoms with Crippen molar-refractivity contribution in [2.75, 3.05) is 25.5 Å². The van der Waals surface area contributed by atoms with E-state index in [1.54, 1.807) is 25.4 Å². The van der Waals surface area contributed by atoms with Crippen molar-refractivity contribution in [2.45, 2.75) is 6.92 Å². The van der Waals surface area contributed by atoms with Gasteiger partial charge < -0.3 is 15.8 Å². The van der Waals surface area contributed by atoms with Gasteiger partial charge in [0.15, 0.2) is 5.78 Å². The minimum atomic E-state index is -0.380. The predicted molar refractivity (Wildman–Crippen MR) is 132 cm³/mol. The van der Waals surface area contributed by atoms with Gasteiger partial charge in [-0.1, -0.05) is 6.07 Å². The van der Waals surface area contributed by atoms with Crippen LogP contribution in [0.3, 0.4) is 0 Å². The van der Waals surface area contributed by atoms with Gasteiger partial charge in [0.05, 0.1) is 37.4 Å². The number of ether oxygens (including phenoxy) is 1. The fourth-order valence-electron chi connectivity index (χ4n) is 3.15. The van der Waals surface area contributed by atoms with Gasteiger partial charge >= 0.3 is 6.03 Å². The largest absolute Gasteiger partial charge is 0.481 e. The number of carbonyl (C=O) groups is 2. The van der Waals surface area contributed by atoms with E-state index in [1.165, 1.54) is 23.7 Å². The molecule has 12 heteroatoms. The molecule has 0 unspecified atom stereocenters. The van der Waals surface area contributed by atoms with Crippen LogP contribution in [0.5, 0.6) is 5.88 Å². The van der Waals surface area contributed by atoms with E-state index >= 15 is 0 Å². The van der Waals surface area contributed by atoms with Crippen molar-refractivity contribution in [1.29, 1.82) is 0 Å². The maximum Gasteiger partial charge on any atom is 0.320 e. The van der Waals surface area contributed by atoms with Crippen molar-refractivity contribution in [2.24, 2.45) is 5.73 Å². The number of amides is 2. The molecular formula is C23H22N8O3S. The molecule has 4 N–H and O–H groups in total. The topological polar surface area (TPSA) is 158 Å². The Morgan fingerprint density at radius 3 is 2.69 bits per heavy atom. The van der Waals surface area contributed by atoms with Crippen LogP contribution in [0, 0.1) is 0 Å². The van der Waals surface area contributed by atoms with Crippen molar-refractivity contribution in [3.63, 3.8) is 0 Å². The van der Waals surface area contributed by atoms with Crippen LogP contribution in [0.2, 0.25) is 0 Å². The number of anilines is 1. The lowest BCUT2D eigenvalue weighted by Crippen LogP contribution is -2.28. The van der Waals surface area contributed by atoms with E-state index in [9.17, 15) is 9.59 Å². The second kappa shape index (κ2) is 10.8. The molecule has 4 rings (SSSR count). The molecule has 2 amide bonds. The first-order valence-corrected chi connectivity index (χ1v) is 11.5. The van der Waals surface area contributed by atoms with E-state index in [4.69, 9.17) is 15.5 Å². The normalized spacial score (nSPS) is 10.6. The molecule has 0 saturated heterocycles. The number of hydrogen-bond donors (Lipinski definition) is 3. The molecule has 0 bridgehead atoms. The number of ketones is 1. The first kappa shape index (κ1) is 23.9. The molecule has 0 aliphatic carbocycles. The zero-order valence-electron chi connectivity index (χ0n) is 19.0. The highest BCUT2D eigenvalue weighted by Gasteiger charge is 2.18. The van der Waals surface area contributed by atoms with Crippen molar-refractivity contribution in [3.05, 3.63) is 53.9 Å². The fraction of sp³-hybridized carbons (Fsp3) is 0.174. The Kier molecular flexibility index (Phi) is 7.33. The number of methoxy groups -OCH3 is 1. The van der Waals surface area contributed by atoms with Crippen molar-refractivity contribution >= 4 is 29.0 Å². The van der Waals surface area contributed by atoms with Gasteiger partial charge in [0.2, 0.25) is 5.88 Å². The molecule has 0 aliphatic heterocycles. The van der Waals surface area contributed by atoms with Gasteiger partial charge in [0.1, 0.15) is 22.2 Å². The van der Waals surface area contributed by atoms with Gasteiger partial charge in [0.25, 0.3) is 0 Å². The molecule has 0 spiro atoms. The van der Waals surface area contributed by atoms with E-state index in [0.29, 0.717) is 51.5 Å². The summed E-state index contributed by atoms with van der Waals surface area (Å²) in [6.45, 7) is 2.11. The average Bonchev–Trinajstić information content (AvgIpc) is 3.39. The van der Waals surface area contributed by atoms with Crippen LogP contribution in [-0.4, -0.2) is 56.9 Å². The number of rotatable bonds is 8. The lowest BCUT2D eigenvalue weighted by molar-refractivity contribution is 0.0996. The Morgan fingerprint density at radius 2 is 1.91 bits per heavy atom. The highest BCUT2D eigenvalue weighted by Crippen LogP contribution is 2.36.